The first-order chi connectivity index (χ1) is 11.3. The van der Waals surface area contributed by atoms with E-state index in [9.17, 15) is 0 Å². The molecule has 2 heterocycles. The molecule has 5 heteroatoms. The van der Waals surface area contributed by atoms with Gasteiger partial charge in [0.15, 0.2) is 0 Å². The molecule has 0 spiro atoms. The molecule has 4 aromatic rings. The van der Waals surface area contributed by atoms with Crippen LogP contribution in [0.15, 0.2) is 55.1 Å². The number of para-hydroxylation sites is 1. The van der Waals surface area contributed by atoms with E-state index in [1.165, 1.54) is 0 Å². The van der Waals surface area contributed by atoms with Crippen LogP contribution in [-0.4, -0.2) is 19.6 Å². The highest BCUT2D eigenvalue weighted by Crippen LogP contribution is 2.27. The third kappa shape index (κ3) is 2.23. The van der Waals surface area contributed by atoms with Crippen molar-refractivity contribution in [2.45, 2.75) is 6.92 Å². The van der Waals surface area contributed by atoms with E-state index in [0.29, 0.717) is 5.78 Å². The van der Waals surface area contributed by atoms with E-state index in [-0.39, 0.29) is 0 Å². The van der Waals surface area contributed by atoms with E-state index >= 15 is 0 Å². The Balaban J connectivity index is 2.01. The van der Waals surface area contributed by atoms with Crippen LogP contribution in [0.5, 0.6) is 0 Å². The lowest BCUT2D eigenvalue weighted by molar-refractivity contribution is 1.02. The number of nitrogens with one attached hydrogen (secondary N) is 1. The molecule has 0 aliphatic rings. The molecule has 0 aliphatic carbocycles. The van der Waals surface area contributed by atoms with Crippen LogP contribution in [0.3, 0.4) is 0 Å². The zero-order chi connectivity index (χ0) is 15.8. The number of hydrogen-bond donors (Lipinski definition) is 1. The van der Waals surface area contributed by atoms with Crippen molar-refractivity contribution in [2.75, 3.05) is 5.32 Å². The van der Waals surface area contributed by atoms with Crippen molar-refractivity contribution in [3.63, 3.8) is 0 Å². The molecule has 0 fully saturated rings. The first-order valence-corrected chi connectivity index (χ1v) is 7.36. The minimum atomic E-state index is 0.578. The summed E-state index contributed by atoms with van der Waals surface area (Å²) in [5.74, 6) is 2.15. The Labute approximate surface area is 133 Å². The van der Waals surface area contributed by atoms with Crippen molar-refractivity contribution in [3.05, 3.63) is 66.5 Å². The maximum atomic E-state index is 4.63. The number of fused-ring (bicyclic) bond motifs is 3. The summed E-state index contributed by atoms with van der Waals surface area (Å²) in [5.41, 5.74) is 3.03. The number of anilines is 2. The zero-order valence-electron chi connectivity index (χ0n) is 12.7. The number of nitrogens with zero attached hydrogens (tertiary/aromatic N) is 4. The first-order valence-electron chi connectivity index (χ1n) is 7.36. The van der Waals surface area contributed by atoms with Gasteiger partial charge in [-0.2, -0.15) is 4.98 Å². The van der Waals surface area contributed by atoms with Gasteiger partial charge in [0, 0.05) is 11.1 Å². The van der Waals surface area contributed by atoms with Crippen molar-refractivity contribution in [1.29, 1.82) is 0 Å². The topological polar surface area (TPSA) is 55.1 Å². The highest BCUT2D eigenvalue weighted by Gasteiger charge is 2.12. The fourth-order valence-electron chi connectivity index (χ4n) is 2.68. The summed E-state index contributed by atoms with van der Waals surface area (Å²) < 4.78 is 1.96. The molecule has 23 heavy (non-hydrogen) atoms. The maximum Gasteiger partial charge on any atom is 0.257 e. The second-order valence-corrected chi connectivity index (χ2v) is 5.31. The van der Waals surface area contributed by atoms with Gasteiger partial charge in [-0.25, -0.2) is 0 Å². The first kappa shape index (κ1) is 13.5. The van der Waals surface area contributed by atoms with Gasteiger partial charge in [-0.3, -0.25) is 4.40 Å². The summed E-state index contributed by atoms with van der Waals surface area (Å²) in [4.78, 5) is 4.63. The smallest absolute Gasteiger partial charge is 0.257 e. The molecule has 0 radical (unpaired) electrons. The third-order valence-corrected chi connectivity index (χ3v) is 3.81. The molecule has 2 aromatic heterocycles. The minimum absolute atomic E-state index is 0.578. The molecule has 0 saturated carbocycles. The predicted molar refractivity (Wildman–Crippen MR) is 92.8 cm³/mol. The molecule has 0 atom stereocenters. The van der Waals surface area contributed by atoms with Crippen LogP contribution >= 0.6 is 0 Å². The van der Waals surface area contributed by atoms with E-state index in [1.807, 2.05) is 59.9 Å². The van der Waals surface area contributed by atoms with Crippen molar-refractivity contribution < 1.29 is 0 Å². The second-order valence-electron chi connectivity index (χ2n) is 5.31. The number of hydrogen-bond acceptors (Lipinski definition) is 4. The summed E-state index contributed by atoms with van der Waals surface area (Å²) in [6, 6.07) is 16.1. The Bertz CT molecular complexity index is 1020. The van der Waals surface area contributed by atoms with Gasteiger partial charge in [-0.15, -0.1) is 10.2 Å². The lowest BCUT2D eigenvalue weighted by atomic mass is 10.1. The summed E-state index contributed by atoms with van der Waals surface area (Å²) >= 11 is 0. The number of aromatic nitrogens is 4. The average Bonchev–Trinajstić information content (AvgIpc) is 2.96. The standard InChI is InChI=1S/C18H15N5/c1-3-13-9-10-15-16(11-13)23-12(2)21-22-18(23)20-17(15)19-14-7-5-4-6-8-14/h3-11H,1H2,2H3,(H,19,20,22). The molecule has 0 aliphatic heterocycles. The molecule has 4 rings (SSSR count). The van der Waals surface area contributed by atoms with E-state index in [4.69, 9.17) is 0 Å². The molecule has 0 amide bonds. The Hall–Kier alpha value is -3.21. The van der Waals surface area contributed by atoms with Crippen LogP contribution in [-0.2, 0) is 0 Å². The van der Waals surface area contributed by atoms with E-state index < -0.39 is 0 Å². The van der Waals surface area contributed by atoms with Gasteiger partial charge in [0.25, 0.3) is 5.78 Å². The lowest BCUT2D eigenvalue weighted by Crippen LogP contribution is -2.01. The van der Waals surface area contributed by atoms with Gasteiger partial charge >= 0.3 is 0 Å². The van der Waals surface area contributed by atoms with Crippen molar-refractivity contribution in [1.82, 2.24) is 19.6 Å². The average molecular weight is 301 g/mol. The van der Waals surface area contributed by atoms with Crippen LogP contribution in [0.2, 0.25) is 0 Å². The monoisotopic (exact) mass is 301 g/mol. The fourth-order valence-corrected chi connectivity index (χ4v) is 2.68. The van der Waals surface area contributed by atoms with Gasteiger partial charge in [-0.1, -0.05) is 36.9 Å². The van der Waals surface area contributed by atoms with Crippen molar-refractivity contribution >= 4 is 34.3 Å². The van der Waals surface area contributed by atoms with Crippen LogP contribution in [0.25, 0.3) is 22.8 Å². The summed E-state index contributed by atoms with van der Waals surface area (Å²) in [6.07, 6.45) is 1.83. The zero-order valence-corrected chi connectivity index (χ0v) is 12.7. The number of benzene rings is 2. The van der Waals surface area contributed by atoms with Gasteiger partial charge in [-0.05, 0) is 36.8 Å². The Morgan fingerprint density at radius 3 is 2.70 bits per heavy atom. The van der Waals surface area contributed by atoms with Crippen molar-refractivity contribution in [2.24, 2.45) is 0 Å². The minimum Gasteiger partial charge on any atom is -0.340 e. The van der Waals surface area contributed by atoms with Gasteiger partial charge in [0.05, 0.1) is 5.52 Å². The lowest BCUT2D eigenvalue weighted by Gasteiger charge is -2.11. The Morgan fingerprint density at radius 2 is 1.91 bits per heavy atom. The molecule has 1 N–H and O–H groups in total. The maximum absolute atomic E-state index is 4.63. The van der Waals surface area contributed by atoms with Gasteiger partial charge in [0.2, 0.25) is 0 Å². The van der Waals surface area contributed by atoms with Crippen molar-refractivity contribution in [3.8, 4) is 0 Å². The highest BCUT2D eigenvalue weighted by molar-refractivity contribution is 5.94. The molecule has 2 aromatic carbocycles. The molecule has 0 unspecified atom stereocenters. The normalized spacial score (nSPS) is 11.0. The summed E-state index contributed by atoms with van der Waals surface area (Å²) in [5, 5.41) is 12.7. The second kappa shape index (κ2) is 5.21. The molecular weight excluding hydrogens is 286 g/mol. The SMILES string of the molecule is C=Cc1ccc2c(Nc3ccccc3)nc3nnc(C)n3c2c1. The molecule has 0 saturated heterocycles. The Morgan fingerprint density at radius 1 is 1.09 bits per heavy atom. The summed E-state index contributed by atoms with van der Waals surface area (Å²) in [7, 11) is 0. The van der Waals surface area contributed by atoms with Crippen LogP contribution in [0, 0.1) is 6.92 Å². The largest absolute Gasteiger partial charge is 0.340 e. The fraction of sp³-hybridized carbons (Fsp3) is 0.0556. The third-order valence-electron chi connectivity index (χ3n) is 3.81. The molecule has 5 nitrogen and oxygen atoms in total. The van der Waals surface area contributed by atoms with E-state index in [0.717, 1.165) is 33.8 Å². The molecule has 0 bridgehead atoms. The van der Waals surface area contributed by atoms with Crippen LogP contribution in [0.1, 0.15) is 11.4 Å². The predicted octanol–water partition coefficient (Wildman–Crippen LogP) is 3.97. The number of rotatable bonds is 3. The number of aryl methyl sites for hydroxylation is 1. The highest BCUT2D eigenvalue weighted by atomic mass is 15.3. The van der Waals surface area contributed by atoms with Gasteiger partial charge < -0.3 is 5.32 Å². The van der Waals surface area contributed by atoms with Crippen LogP contribution in [0.4, 0.5) is 11.5 Å². The Kier molecular flexibility index (Phi) is 3.05. The van der Waals surface area contributed by atoms with Gasteiger partial charge in [0.1, 0.15) is 11.6 Å². The van der Waals surface area contributed by atoms with E-state index in [1.54, 1.807) is 0 Å². The summed E-state index contributed by atoms with van der Waals surface area (Å²) in [6.45, 7) is 5.77. The van der Waals surface area contributed by atoms with Crippen LogP contribution < -0.4 is 5.32 Å². The molecule has 112 valence electrons. The van der Waals surface area contributed by atoms with E-state index in [2.05, 4.69) is 33.1 Å². The quantitative estimate of drug-likeness (QED) is 0.622. The molecular formula is C18H15N5.